The van der Waals surface area contributed by atoms with Gasteiger partial charge in [0.05, 0.1) is 0 Å². The van der Waals surface area contributed by atoms with E-state index < -0.39 is 0 Å². The van der Waals surface area contributed by atoms with Gasteiger partial charge in [-0.05, 0) is 20.4 Å². The fourth-order valence-electron chi connectivity index (χ4n) is 0.715. The lowest BCUT2D eigenvalue weighted by Gasteiger charge is -2.13. The maximum Gasteiger partial charge on any atom is 0.222 e. The SMILES string of the molecule is CCC(C)C(=O)NCC(C)NC. The van der Waals surface area contributed by atoms with Crippen molar-refractivity contribution in [1.29, 1.82) is 0 Å². The van der Waals surface area contributed by atoms with Crippen molar-refractivity contribution in [2.45, 2.75) is 33.2 Å². The zero-order valence-electron chi connectivity index (χ0n) is 8.48. The highest BCUT2D eigenvalue weighted by Gasteiger charge is 2.09. The molecular formula is C9H20N2O. The van der Waals surface area contributed by atoms with Gasteiger partial charge in [0, 0.05) is 18.5 Å². The molecule has 2 unspecified atom stereocenters. The lowest BCUT2D eigenvalue weighted by Crippen LogP contribution is -2.39. The molecule has 0 saturated heterocycles. The average molecular weight is 172 g/mol. The van der Waals surface area contributed by atoms with Crippen molar-refractivity contribution < 1.29 is 4.79 Å². The zero-order valence-corrected chi connectivity index (χ0v) is 8.48. The van der Waals surface area contributed by atoms with E-state index in [1.54, 1.807) is 0 Å². The van der Waals surface area contributed by atoms with E-state index in [2.05, 4.69) is 10.6 Å². The van der Waals surface area contributed by atoms with Crippen LogP contribution in [-0.4, -0.2) is 25.5 Å². The lowest BCUT2D eigenvalue weighted by molar-refractivity contribution is -0.124. The van der Waals surface area contributed by atoms with Crippen molar-refractivity contribution >= 4 is 5.91 Å². The molecule has 1 amide bonds. The number of likely N-dealkylation sites (N-methyl/N-ethyl adjacent to an activating group) is 1. The van der Waals surface area contributed by atoms with Crippen LogP contribution < -0.4 is 10.6 Å². The highest BCUT2D eigenvalue weighted by atomic mass is 16.1. The Hall–Kier alpha value is -0.570. The van der Waals surface area contributed by atoms with Gasteiger partial charge in [-0.25, -0.2) is 0 Å². The highest BCUT2D eigenvalue weighted by molar-refractivity contribution is 5.78. The zero-order chi connectivity index (χ0) is 9.56. The quantitative estimate of drug-likeness (QED) is 0.642. The summed E-state index contributed by atoms with van der Waals surface area (Å²) in [5, 5.41) is 5.95. The molecule has 0 fully saturated rings. The third-order valence-electron chi connectivity index (χ3n) is 2.14. The highest BCUT2D eigenvalue weighted by Crippen LogP contribution is 1.99. The van der Waals surface area contributed by atoms with Crippen LogP contribution in [0, 0.1) is 5.92 Å². The van der Waals surface area contributed by atoms with Crippen molar-refractivity contribution in [2.24, 2.45) is 5.92 Å². The molecule has 3 nitrogen and oxygen atoms in total. The molecular weight excluding hydrogens is 152 g/mol. The molecule has 0 radical (unpaired) electrons. The first-order valence-electron chi connectivity index (χ1n) is 4.56. The molecule has 0 rings (SSSR count). The third-order valence-corrected chi connectivity index (χ3v) is 2.14. The molecule has 0 heterocycles. The Bertz CT molecular complexity index is 136. The summed E-state index contributed by atoms with van der Waals surface area (Å²) in [5.41, 5.74) is 0. The van der Waals surface area contributed by atoms with Crippen LogP contribution in [0.1, 0.15) is 27.2 Å². The normalized spacial score (nSPS) is 15.3. The van der Waals surface area contributed by atoms with E-state index in [-0.39, 0.29) is 11.8 Å². The second-order valence-corrected chi connectivity index (χ2v) is 3.24. The Morgan fingerprint density at radius 3 is 2.42 bits per heavy atom. The summed E-state index contributed by atoms with van der Waals surface area (Å²) < 4.78 is 0. The standard InChI is InChI=1S/C9H20N2O/c1-5-7(2)9(12)11-6-8(3)10-4/h7-8,10H,5-6H2,1-4H3,(H,11,12). The monoisotopic (exact) mass is 172 g/mol. The predicted octanol–water partition coefficient (Wildman–Crippen LogP) is 0.757. The Kier molecular flexibility index (Phi) is 5.72. The van der Waals surface area contributed by atoms with Crippen molar-refractivity contribution in [1.82, 2.24) is 10.6 Å². The van der Waals surface area contributed by atoms with Crippen LogP contribution in [0.15, 0.2) is 0 Å². The topological polar surface area (TPSA) is 41.1 Å². The van der Waals surface area contributed by atoms with Crippen LogP contribution in [0.3, 0.4) is 0 Å². The van der Waals surface area contributed by atoms with Gasteiger partial charge >= 0.3 is 0 Å². The van der Waals surface area contributed by atoms with Crippen LogP contribution in [0.2, 0.25) is 0 Å². The molecule has 2 atom stereocenters. The molecule has 0 aliphatic heterocycles. The Morgan fingerprint density at radius 2 is 2.00 bits per heavy atom. The molecule has 0 aliphatic rings. The molecule has 3 heteroatoms. The number of nitrogens with one attached hydrogen (secondary N) is 2. The van der Waals surface area contributed by atoms with Gasteiger partial charge in [0.1, 0.15) is 0 Å². The Labute approximate surface area is 74.9 Å². The molecule has 0 aromatic carbocycles. The molecule has 0 aromatic heterocycles. The summed E-state index contributed by atoms with van der Waals surface area (Å²) in [6.07, 6.45) is 0.903. The lowest BCUT2D eigenvalue weighted by atomic mass is 10.1. The van der Waals surface area contributed by atoms with Gasteiger partial charge < -0.3 is 10.6 Å². The fraction of sp³-hybridized carbons (Fsp3) is 0.889. The molecule has 0 spiro atoms. The fourth-order valence-corrected chi connectivity index (χ4v) is 0.715. The first kappa shape index (κ1) is 11.4. The van der Waals surface area contributed by atoms with Crippen LogP contribution in [0.5, 0.6) is 0 Å². The third kappa shape index (κ3) is 4.34. The van der Waals surface area contributed by atoms with Gasteiger partial charge in [-0.15, -0.1) is 0 Å². The van der Waals surface area contributed by atoms with Crippen molar-refractivity contribution in [2.75, 3.05) is 13.6 Å². The number of hydrogen-bond acceptors (Lipinski definition) is 2. The van der Waals surface area contributed by atoms with Crippen molar-refractivity contribution in [3.8, 4) is 0 Å². The minimum atomic E-state index is 0.133. The van der Waals surface area contributed by atoms with E-state index in [4.69, 9.17) is 0 Å². The van der Waals surface area contributed by atoms with Gasteiger partial charge in [0.25, 0.3) is 0 Å². The van der Waals surface area contributed by atoms with Gasteiger partial charge in [-0.2, -0.15) is 0 Å². The number of hydrogen-bond donors (Lipinski definition) is 2. The van der Waals surface area contributed by atoms with Crippen molar-refractivity contribution in [3.05, 3.63) is 0 Å². The molecule has 72 valence electrons. The summed E-state index contributed by atoms with van der Waals surface area (Å²) >= 11 is 0. The second-order valence-electron chi connectivity index (χ2n) is 3.24. The molecule has 0 bridgehead atoms. The van der Waals surface area contributed by atoms with Crippen LogP contribution in [0.4, 0.5) is 0 Å². The first-order valence-corrected chi connectivity index (χ1v) is 4.56. The summed E-state index contributed by atoms with van der Waals surface area (Å²) in [5.74, 6) is 0.286. The molecule has 12 heavy (non-hydrogen) atoms. The number of carbonyl (C=O) groups excluding carboxylic acids is 1. The first-order chi connectivity index (χ1) is 5.61. The largest absolute Gasteiger partial charge is 0.354 e. The molecule has 0 aromatic rings. The summed E-state index contributed by atoms with van der Waals surface area (Å²) in [6, 6.07) is 0.345. The second kappa shape index (κ2) is 6.00. The molecule has 0 saturated carbocycles. The summed E-state index contributed by atoms with van der Waals surface area (Å²) in [6.45, 7) is 6.71. The van der Waals surface area contributed by atoms with E-state index in [9.17, 15) is 4.79 Å². The number of rotatable bonds is 5. The minimum Gasteiger partial charge on any atom is -0.354 e. The minimum absolute atomic E-state index is 0.133. The van der Waals surface area contributed by atoms with E-state index in [0.717, 1.165) is 6.42 Å². The van der Waals surface area contributed by atoms with Gasteiger partial charge in [-0.3, -0.25) is 4.79 Å². The molecule has 0 aliphatic carbocycles. The number of carbonyl (C=O) groups is 1. The Morgan fingerprint density at radius 1 is 1.42 bits per heavy atom. The maximum atomic E-state index is 11.3. The average Bonchev–Trinajstić information content (AvgIpc) is 2.11. The van der Waals surface area contributed by atoms with Crippen molar-refractivity contribution in [3.63, 3.8) is 0 Å². The smallest absolute Gasteiger partial charge is 0.222 e. The molecule has 2 N–H and O–H groups in total. The van der Waals surface area contributed by atoms with Gasteiger partial charge in [-0.1, -0.05) is 13.8 Å². The van der Waals surface area contributed by atoms with Gasteiger partial charge in [0.2, 0.25) is 5.91 Å². The van der Waals surface area contributed by atoms with E-state index in [1.165, 1.54) is 0 Å². The van der Waals surface area contributed by atoms with Crippen LogP contribution >= 0.6 is 0 Å². The van der Waals surface area contributed by atoms with Crippen LogP contribution in [-0.2, 0) is 4.79 Å². The van der Waals surface area contributed by atoms with E-state index in [0.29, 0.717) is 12.6 Å². The number of amides is 1. The van der Waals surface area contributed by atoms with E-state index in [1.807, 2.05) is 27.8 Å². The maximum absolute atomic E-state index is 11.3. The predicted molar refractivity (Wildman–Crippen MR) is 51.0 cm³/mol. The van der Waals surface area contributed by atoms with Crippen LogP contribution in [0.25, 0.3) is 0 Å². The summed E-state index contributed by atoms with van der Waals surface area (Å²) in [4.78, 5) is 11.3. The Balaban J connectivity index is 3.56. The summed E-state index contributed by atoms with van der Waals surface area (Å²) in [7, 11) is 1.89. The van der Waals surface area contributed by atoms with Gasteiger partial charge in [0.15, 0.2) is 0 Å². The van der Waals surface area contributed by atoms with E-state index >= 15 is 0 Å².